The summed E-state index contributed by atoms with van der Waals surface area (Å²) in [6.07, 6.45) is 7.94. The number of rotatable bonds is 1. The van der Waals surface area contributed by atoms with Crippen molar-refractivity contribution in [1.82, 2.24) is 4.98 Å². The average Bonchev–Trinajstić information content (AvgIpc) is 2.59. The molecule has 17 heavy (non-hydrogen) atoms. The Balaban J connectivity index is 1.85. The molecule has 2 heterocycles. The van der Waals surface area contributed by atoms with Crippen LogP contribution in [0.5, 0.6) is 0 Å². The van der Waals surface area contributed by atoms with Gasteiger partial charge in [0.15, 0.2) is 10.9 Å². The zero-order chi connectivity index (χ0) is 11.7. The fourth-order valence-corrected chi connectivity index (χ4v) is 3.82. The van der Waals surface area contributed by atoms with Crippen LogP contribution in [0.1, 0.15) is 53.9 Å². The lowest BCUT2D eigenvalue weighted by Gasteiger charge is -2.18. The molecule has 1 saturated heterocycles. The lowest BCUT2D eigenvalue weighted by atomic mass is 10.0. The summed E-state index contributed by atoms with van der Waals surface area (Å²) in [6, 6.07) is 0. The van der Waals surface area contributed by atoms with E-state index in [2.05, 4.69) is 9.88 Å². The van der Waals surface area contributed by atoms with Crippen LogP contribution in [0.25, 0.3) is 0 Å². The molecule has 3 nitrogen and oxygen atoms in total. The smallest absolute Gasteiger partial charge is 0.186 e. The number of Topliss-reactive ketones (excluding diaryl/α,β-unsaturated/α-hetero) is 1. The maximum absolute atomic E-state index is 11.8. The van der Waals surface area contributed by atoms with Crippen molar-refractivity contribution in [2.24, 2.45) is 0 Å². The monoisotopic (exact) mass is 250 g/mol. The minimum atomic E-state index is 0.253. The lowest BCUT2D eigenvalue weighted by Crippen LogP contribution is -2.23. The number of nitrogens with zero attached hydrogens (tertiary/aromatic N) is 2. The number of thiazole rings is 1. The molecule has 0 atom stereocenters. The summed E-state index contributed by atoms with van der Waals surface area (Å²) in [5.41, 5.74) is 0.778. The zero-order valence-electron chi connectivity index (χ0n) is 10.1. The molecule has 0 spiro atoms. The molecule has 1 aliphatic carbocycles. The Kier molecular flexibility index (Phi) is 3.14. The molecule has 0 saturated carbocycles. The van der Waals surface area contributed by atoms with Gasteiger partial charge in [-0.25, -0.2) is 4.98 Å². The summed E-state index contributed by atoms with van der Waals surface area (Å²) in [7, 11) is 0. The number of aryl methyl sites for hydroxylation is 1. The second-order valence-corrected chi connectivity index (χ2v) is 6.01. The summed E-state index contributed by atoms with van der Waals surface area (Å²) in [4.78, 5) is 20.0. The first-order valence-corrected chi connectivity index (χ1v) is 7.44. The number of anilines is 1. The van der Waals surface area contributed by atoms with E-state index in [0.717, 1.165) is 36.8 Å². The van der Waals surface area contributed by atoms with Gasteiger partial charge in [-0.2, -0.15) is 0 Å². The van der Waals surface area contributed by atoms with E-state index in [0.29, 0.717) is 6.42 Å². The third-order valence-electron chi connectivity index (χ3n) is 3.63. The first kappa shape index (κ1) is 11.2. The Labute approximate surface area is 106 Å². The third-order valence-corrected chi connectivity index (χ3v) is 4.81. The minimum Gasteiger partial charge on any atom is -0.348 e. The highest BCUT2D eigenvalue weighted by Gasteiger charge is 2.24. The van der Waals surface area contributed by atoms with Crippen molar-refractivity contribution >= 4 is 22.3 Å². The molecule has 3 rings (SSSR count). The van der Waals surface area contributed by atoms with Gasteiger partial charge in [-0.15, -0.1) is 11.3 Å². The molecule has 2 aliphatic rings. The highest BCUT2D eigenvalue weighted by Crippen LogP contribution is 2.32. The number of aromatic nitrogens is 1. The summed E-state index contributed by atoms with van der Waals surface area (Å²) in [5.74, 6) is 0.253. The minimum absolute atomic E-state index is 0.253. The van der Waals surface area contributed by atoms with Gasteiger partial charge in [0.25, 0.3) is 0 Å². The molecule has 0 aromatic carbocycles. The molecule has 1 aromatic heterocycles. The van der Waals surface area contributed by atoms with Crippen LogP contribution in [-0.4, -0.2) is 23.9 Å². The molecular formula is C13H18N2OS. The van der Waals surface area contributed by atoms with Gasteiger partial charge in [-0.1, -0.05) is 12.8 Å². The maximum atomic E-state index is 11.8. The van der Waals surface area contributed by atoms with Crippen LogP contribution >= 0.6 is 11.3 Å². The molecule has 0 amide bonds. The Morgan fingerprint density at radius 2 is 1.76 bits per heavy atom. The van der Waals surface area contributed by atoms with Gasteiger partial charge in [0.2, 0.25) is 0 Å². The summed E-state index contributed by atoms with van der Waals surface area (Å²) in [6.45, 7) is 2.22. The molecule has 0 unspecified atom stereocenters. The Hall–Kier alpha value is -0.900. The van der Waals surface area contributed by atoms with Gasteiger partial charge in [0.05, 0.1) is 0 Å². The number of fused-ring (bicyclic) bond motifs is 1. The van der Waals surface area contributed by atoms with E-state index in [1.165, 1.54) is 30.6 Å². The third kappa shape index (κ3) is 2.23. The summed E-state index contributed by atoms with van der Waals surface area (Å²) in [5, 5.41) is 1.09. The van der Waals surface area contributed by atoms with Crippen LogP contribution in [0.15, 0.2) is 0 Å². The maximum Gasteiger partial charge on any atom is 0.186 e. The lowest BCUT2D eigenvalue weighted by molar-refractivity contribution is 0.0968. The summed E-state index contributed by atoms with van der Waals surface area (Å²) >= 11 is 1.75. The number of carbonyl (C=O) groups is 1. The standard InChI is InChI=1S/C13H18N2OS/c16-10-6-5-7-11-12(10)14-13(17-11)15-8-3-1-2-4-9-15/h1-9H2. The van der Waals surface area contributed by atoms with Crippen LogP contribution in [0.4, 0.5) is 5.13 Å². The molecule has 1 fully saturated rings. The van der Waals surface area contributed by atoms with Crippen LogP contribution in [-0.2, 0) is 6.42 Å². The van der Waals surface area contributed by atoms with Crippen molar-refractivity contribution < 1.29 is 4.79 Å². The fourth-order valence-electron chi connectivity index (χ4n) is 2.65. The topological polar surface area (TPSA) is 33.2 Å². The fraction of sp³-hybridized carbons (Fsp3) is 0.692. The first-order chi connectivity index (χ1) is 8.34. The van der Waals surface area contributed by atoms with E-state index in [1.807, 2.05) is 0 Å². The van der Waals surface area contributed by atoms with Crippen molar-refractivity contribution in [2.45, 2.75) is 44.9 Å². The zero-order valence-corrected chi connectivity index (χ0v) is 10.9. The highest BCUT2D eigenvalue weighted by molar-refractivity contribution is 7.16. The second kappa shape index (κ2) is 4.77. The van der Waals surface area contributed by atoms with Crippen LogP contribution in [0.2, 0.25) is 0 Å². The van der Waals surface area contributed by atoms with Crippen molar-refractivity contribution in [3.8, 4) is 0 Å². The molecular weight excluding hydrogens is 232 g/mol. The normalized spacial score (nSPS) is 21.2. The molecule has 1 aliphatic heterocycles. The van der Waals surface area contributed by atoms with E-state index in [1.54, 1.807) is 11.3 Å². The predicted molar refractivity (Wildman–Crippen MR) is 70.1 cm³/mol. The van der Waals surface area contributed by atoms with Gasteiger partial charge in [-0.05, 0) is 25.7 Å². The van der Waals surface area contributed by atoms with Gasteiger partial charge >= 0.3 is 0 Å². The Morgan fingerprint density at radius 3 is 2.47 bits per heavy atom. The number of hydrogen-bond acceptors (Lipinski definition) is 4. The largest absolute Gasteiger partial charge is 0.348 e. The molecule has 0 bridgehead atoms. The molecule has 92 valence electrons. The number of hydrogen-bond donors (Lipinski definition) is 0. The Bertz CT molecular complexity index is 419. The van der Waals surface area contributed by atoms with Gasteiger partial charge in [0, 0.05) is 24.4 Å². The van der Waals surface area contributed by atoms with E-state index in [-0.39, 0.29) is 5.78 Å². The van der Waals surface area contributed by atoms with Gasteiger partial charge in [0.1, 0.15) is 5.69 Å². The van der Waals surface area contributed by atoms with Crippen molar-refractivity contribution in [3.63, 3.8) is 0 Å². The van der Waals surface area contributed by atoms with Gasteiger partial charge < -0.3 is 4.90 Å². The number of carbonyl (C=O) groups excluding carboxylic acids is 1. The second-order valence-electron chi connectivity index (χ2n) is 4.95. The molecule has 0 N–H and O–H groups in total. The van der Waals surface area contributed by atoms with Crippen LogP contribution < -0.4 is 4.90 Å². The van der Waals surface area contributed by atoms with Crippen LogP contribution in [0, 0.1) is 0 Å². The van der Waals surface area contributed by atoms with E-state index in [4.69, 9.17) is 0 Å². The van der Waals surface area contributed by atoms with Gasteiger partial charge in [-0.3, -0.25) is 4.79 Å². The van der Waals surface area contributed by atoms with Crippen LogP contribution in [0.3, 0.4) is 0 Å². The van der Waals surface area contributed by atoms with Crippen molar-refractivity contribution in [1.29, 1.82) is 0 Å². The molecule has 0 radical (unpaired) electrons. The quantitative estimate of drug-likeness (QED) is 0.768. The Morgan fingerprint density at radius 1 is 1.00 bits per heavy atom. The average molecular weight is 250 g/mol. The highest BCUT2D eigenvalue weighted by atomic mass is 32.1. The number of ketones is 1. The van der Waals surface area contributed by atoms with E-state index >= 15 is 0 Å². The molecule has 4 heteroatoms. The van der Waals surface area contributed by atoms with Crippen molar-refractivity contribution in [2.75, 3.05) is 18.0 Å². The van der Waals surface area contributed by atoms with E-state index in [9.17, 15) is 4.79 Å². The van der Waals surface area contributed by atoms with E-state index < -0.39 is 0 Å². The summed E-state index contributed by atoms with van der Waals surface area (Å²) < 4.78 is 0. The SMILES string of the molecule is O=C1CCCc2sc(N3CCCCCC3)nc21. The predicted octanol–water partition coefficient (Wildman–Crippen LogP) is 3.04. The molecule has 1 aromatic rings. The first-order valence-electron chi connectivity index (χ1n) is 6.62. The van der Waals surface area contributed by atoms with Crippen molar-refractivity contribution in [3.05, 3.63) is 10.6 Å².